The summed E-state index contributed by atoms with van der Waals surface area (Å²) in [7, 11) is 0. The van der Waals surface area contributed by atoms with Gasteiger partial charge in [0.1, 0.15) is 0 Å². The van der Waals surface area contributed by atoms with E-state index in [0.29, 0.717) is 0 Å². The fourth-order valence-electron chi connectivity index (χ4n) is 3.97. The highest BCUT2D eigenvalue weighted by molar-refractivity contribution is 6.01. The van der Waals surface area contributed by atoms with Crippen LogP contribution >= 0.6 is 0 Å². The zero-order chi connectivity index (χ0) is 25.3. The second-order valence-electron chi connectivity index (χ2n) is 8.25. The number of carbonyl (C=O) groups is 2. The van der Waals surface area contributed by atoms with Crippen molar-refractivity contribution in [2.24, 2.45) is 11.8 Å². The van der Waals surface area contributed by atoms with Crippen LogP contribution in [-0.4, -0.2) is 11.8 Å². The third-order valence-corrected chi connectivity index (χ3v) is 5.92. The van der Waals surface area contributed by atoms with Crippen LogP contribution in [-0.2, 0) is 21.9 Å². The lowest BCUT2D eigenvalue weighted by Gasteiger charge is -2.32. The van der Waals surface area contributed by atoms with Crippen molar-refractivity contribution in [1.29, 1.82) is 0 Å². The number of allylic oxidation sites excluding steroid dienone is 2. The molecule has 0 radical (unpaired) electrons. The largest absolute Gasteiger partial charge is 0.418 e. The molecule has 2 aromatic rings. The van der Waals surface area contributed by atoms with E-state index < -0.39 is 58.5 Å². The molecule has 0 fully saturated rings. The minimum atomic E-state index is -4.71. The molecule has 4 nitrogen and oxygen atoms in total. The van der Waals surface area contributed by atoms with Gasteiger partial charge in [-0.3, -0.25) is 9.59 Å². The van der Waals surface area contributed by atoms with Crippen LogP contribution in [0.1, 0.15) is 37.8 Å². The summed E-state index contributed by atoms with van der Waals surface area (Å²) < 4.78 is 79.9. The van der Waals surface area contributed by atoms with Crippen LogP contribution < -0.4 is 10.6 Å². The smallest absolute Gasteiger partial charge is 0.325 e. The van der Waals surface area contributed by atoms with Crippen molar-refractivity contribution in [2.45, 2.75) is 39.0 Å². The van der Waals surface area contributed by atoms with Gasteiger partial charge in [-0.05, 0) is 51.0 Å². The van der Waals surface area contributed by atoms with Crippen LogP contribution in [0.3, 0.4) is 0 Å². The summed E-state index contributed by atoms with van der Waals surface area (Å²) >= 11 is 0. The van der Waals surface area contributed by atoms with E-state index in [1.54, 1.807) is 13.8 Å². The van der Waals surface area contributed by atoms with Crippen LogP contribution in [0.2, 0.25) is 0 Å². The molecule has 2 N–H and O–H groups in total. The number of anilines is 2. The molecule has 0 aromatic heterocycles. The van der Waals surface area contributed by atoms with Gasteiger partial charge in [-0.2, -0.15) is 26.3 Å². The quantitative estimate of drug-likeness (QED) is 0.377. The highest BCUT2D eigenvalue weighted by Crippen LogP contribution is 2.39. The Balaban J connectivity index is 1.89. The van der Waals surface area contributed by atoms with Crippen LogP contribution in [0.25, 0.3) is 0 Å². The molecule has 2 amide bonds. The second kappa shape index (κ2) is 9.52. The number of hydrogen-bond acceptors (Lipinski definition) is 2. The average Bonchev–Trinajstić information content (AvgIpc) is 2.74. The van der Waals surface area contributed by atoms with Crippen LogP contribution in [0.15, 0.2) is 59.7 Å². The Bertz CT molecular complexity index is 1030. The molecule has 0 bridgehead atoms. The Labute approximate surface area is 192 Å². The van der Waals surface area contributed by atoms with Crippen molar-refractivity contribution < 1.29 is 35.9 Å². The predicted octanol–water partition coefficient (Wildman–Crippen LogP) is 6.66. The number of carbonyl (C=O) groups excluding carboxylic acids is 2. The van der Waals surface area contributed by atoms with Gasteiger partial charge in [0.2, 0.25) is 11.8 Å². The van der Waals surface area contributed by atoms with Crippen molar-refractivity contribution in [2.75, 3.05) is 10.6 Å². The number of para-hydroxylation sites is 2. The zero-order valence-corrected chi connectivity index (χ0v) is 18.3. The maximum atomic E-state index is 13.3. The highest BCUT2D eigenvalue weighted by Gasteiger charge is 2.40. The molecule has 34 heavy (non-hydrogen) atoms. The summed E-state index contributed by atoms with van der Waals surface area (Å²) in [4.78, 5) is 26.1. The van der Waals surface area contributed by atoms with Crippen molar-refractivity contribution in [3.8, 4) is 0 Å². The number of amides is 2. The van der Waals surface area contributed by atoms with E-state index in [-0.39, 0.29) is 12.8 Å². The Morgan fingerprint density at radius 1 is 0.676 bits per heavy atom. The molecule has 1 aliphatic rings. The SMILES string of the molecule is CC1=C(C)C[C@H](C(=O)Nc2ccccc2C(F)(F)F)[C@@H](C(=O)Nc2ccccc2C(F)(F)F)C1. The molecule has 2 aromatic carbocycles. The minimum Gasteiger partial charge on any atom is -0.325 e. The molecule has 0 saturated heterocycles. The lowest BCUT2D eigenvalue weighted by atomic mass is 9.75. The summed E-state index contributed by atoms with van der Waals surface area (Å²) in [6.45, 7) is 3.48. The molecule has 0 unspecified atom stereocenters. The van der Waals surface area contributed by atoms with Gasteiger partial charge in [0, 0.05) is 0 Å². The first kappa shape index (κ1) is 25.3. The Hall–Kier alpha value is -3.30. The van der Waals surface area contributed by atoms with E-state index in [1.165, 1.54) is 24.3 Å². The summed E-state index contributed by atoms with van der Waals surface area (Å²) in [5, 5.41) is 4.53. The van der Waals surface area contributed by atoms with E-state index >= 15 is 0 Å². The number of hydrogen-bond donors (Lipinski definition) is 2. The molecule has 0 spiro atoms. The zero-order valence-electron chi connectivity index (χ0n) is 18.3. The van der Waals surface area contributed by atoms with Gasteiger partial charge in [0.15, 0.2) is 0 Å². The van der Waals surface area contributed by atoms with Crippen molar-refractivity contribution >= 4 is 23.2 Å². The van der Waals surface area contributed by atoms with Crippen molar-refractivity contribution in [3.05, 3.63) is 70.8 Å². The Morgan fingerprint density at radius 3 is 1.32 bits per heavy atom. The molecule has 0 heterocycles. The first-order valence-electron chi connectivity index (χ1n) is 10.4. The minimum absolute atomic E-state index is 0.0882. The summed E-state index contributed by atoms with van der Waals surface area (Å²) in [5.74, 6) is -3.76. The van der Waals surface area contributed by atoms with Gasteiger partial charge >= 0.3 is 12.4 Å². The van der Waals surface area contributed by atoms with Crippen molar-refractivity contribution in [1.82, 2.24) is 0 Å². The summed E-state index contributed by atoms with van der Waals surface area (Å²) in [6, 6.07) is 8.89. The van der Waals surface area contributed by atoms with Gasteiger partial charge in [0.05, 0.1) is 34.3 Å². The lowest BCUT2D eigenvalue weighted by molar-refractivity contribution is -0.138. The fourth-order valence-corrected chi connectivity index (χ4v) is 3.97. The van der Waals surface area contributed by atoms with Gasteiger partial charge in [-0.25, -0.2) is 0 Å². The third kappa shape index (κ3) is 5.60. The second-order valence-corrected chi connectivity index (χ2v) is 8.25. The van der Waals surface area contributed by atoms with Gasteiger partial charge in [-0.15, -0.1) is 0 Å². The number of benzene rings is 2. The molecule has 0 aliphatic heterocycles. The Morgan fingerprint density at radius 2 is 1.00 bits per heavy atom. The molecule has 0 saturated carbocycles. The van der Waals surface area contributed by atoms with E-state index in [0.717, 1.165) is 35.4 Å². The van der Waals surface area contributed by atoms with Gasteiger partial charge < -0.3 is 10.6 Å². The molecule has 1 aliphatic carbocycles. The van der Waals surface area contributed by atoms with Crippen LogP contribution in [0, 0.1) is 11.8 Å². The molecule has 3 rings (SSSR count). The molecule has 10 heteroatoms. The summed E-state index contributed by atoms with van der Waals surface area (Å²) in [6.07, 6.45) is -9.24. The van der Waals surface area contributed by atoms with Crippen LogP contribution in [0.5, 0.6) is 0 Å². The highest BCUT2D eigenvalue weighted by atomic mass is 19.4. The third-order valence-electron chi connectivity index (χ3n) is 5.92. The molecule has 2 atom stereocenters. The summed E-state index contributed by atoms with van der Waals surface area (Å²) in [5.41, 5.74) is -1.39. The first-order chi connectivity index (χ1) is 15.8. The van der Waals surface area contributed by atoms with E-state index in [2.05, 4.69) is 10.6 Å². The number of alkyl halides is 6. The van der Waals surface area contributed by atoms with E-state index in [1.807, 2.05) is 0 Å². The van der Waals surface area contributed by atoms with Crippen LogP contribution in [0.4, 0.5) is 37.7 Å². The van der Waals surface area contributed by atoms with E-state index in [4.69, 9.17) is 0 Å². The number of nitrogens with one attached hydrogen (secondary N) is 2. The Kier molecular flexibility index (Phi) is 7.09. The maximum absolute atomic E-state index is 13.3. The maximum Gasteiger partial charge on any atom is 0.418 e. The van der Waals surface area contributed by atoms with Gasteiger partial charge in [-0.1, -0.05) is 35.4 Å². The van der Waals surface area contributed by atoms with Gasteiger partial charge in [0.25, 0.3) is 0 Å². The molecular formula is C24H22F6N2O2. The topological polar surface area (TPSA) is 58.2 Å². The molecular weight excluding hydrogens is 462 g/mol. The standard InChI is InChI=1S/C24H22F6N2O2/c1-13-11-15(21(33)31-19-9-5-3-7-17(19)23(25,26)27)16(12-14(13)2)22(34)32-20-10-6-4-8-18(20)24(28,29)30/h3-10,15-16H,11-12H2,1-2H3,(H,31,33)(H,32,34)/t15-,16-/m0/s1. The normalized spacial score (nSPS) is 19.1. The number of halogens is 6. The predicted molar refractivity (Wildman–Crippen MR) is 115 cm³/mol. The fraction of sp³-hybridized carbons (Fsp3) is 0.333. The number of rotatable bonds is 4. The van der Waals surface area contributed by atoms with Crippen molar-refractivity contribution in [3.63, 3.8) is 0 Å². The first-order valence-corrected chi connectivity index (χ1v) is 10.4. The average molecular weight is 484 g/mol. The molecule has 182 valence electrons. The van der Waals surface area contributed by atoms with E-state index in [9.17, 15) is 35.9 Å². The lowest BCUT2D eigenvalue weighted by Crippen LogP contribution is -2.39. The monoisotopic (exact) mass is 484 g/mol.